The molecule has 0 aliphatic carbocycles. The molecule has 0 radical (unpaired) electrons. The summed E-state index contributed by atoms with van der Waals surface area (Å²) in [5, 5.41) is 2.07. The van der Waals surface area contributed by atoms with Crippen LogP contribution >= 0.6 is 12.2 Å². The van der Waals surface area contributed by atoms with E-state index in [1.54, 1.807) is 0 Å². The van der Waals surface area contributed by atoms with Gasteiger partial charge in [0.25, 0.3) is 0 Å². The van der Waals surface area contributed by atoms with Crippen molar-refractivity contribution in [2.75, 3.05) is 0 Å². The molecule has 1 heterocycles. The molecule has 0 N–H and O–H groups in total. The second-order valence-electron chi connectivity index (χ2n) is 4.95. The van der Waals surface area contributed by atoms with Gasteiger partial charge in [0.15, 0.2) is 12.1 Å². The van der Waals surface area contributed by atoms with Gasteiger partial charge in [-0.2, -0.15) is 0 Å². The maximum absolute atomic E-state index is 11.4. The van der Waals surface area contributed by atoms with Gasteiger partial charge < -0.3 is 18.9 Å². The number of aliphatic imine (C=N–C) groups is 1. The number of nitrogens with zero attached hydrogens (tertiary/aromatic N) is 1. The first-order valence-electron chi connectivity index (χ1n) is 7.07. The van der Waals surface area contributed by atoms with E-state index in [2.05, 4.69) is 22.4 Å². The van der Waals surface area contributed by atoms with Crippen molar-refractivity contribution in [3.8, 4) is 0 Å². The summed E-state index contributed by atoms with van der Waals surface area (Å²) in [5.41, 5.74) is 0. The van der Waals surface area contributed by atoms with Gasteiger partial charge in [0, 0.05) is 27.7 Å². The molecule has 0 amide bonds. The smallest absolute Gasteiger partial charge is 0.305 e. The first kappa shape index (κ1) is 20.7. The van der Waals surface area contributed by atoms with E-state index in [4.69, 9.17) is 23.7 Å². The number of ether oxygens (including phenoxy) is 5. The van der Waals surface area contributed by atoms with E-state index in [0.717, 1.165) is 27.7 Å². The zero-order chi connectivity index (χ0) is 19.1. The highest BCUT2D eigenvalue weighted by Crippen LogP contribution is 2.30. The van der Waals surface area contributed by atoms with E-state index < -0.39 is 54.7 Å². The zero-order valence-corrected chi connectivity index (χ0v) is 14.7. The first-order chi connectivity index (χ1) is 11.6. The van der Waals surface area contributed by atoms with Gasteiger partial charge in [-0.05, 0) is 12.2 Å². The second-order valence-corrected chi connectivity index (χ2v) is 5.13. The van der Waals surface area contributed by atoms with Crippen LogP contribution in [0.4, 0.5) is 0 Å². The molecule has 1 aliphatic heterocycles. The molecule has 1 fully saturated rings. The topological polar surface area (TPSA) is 127 Å². The summed E-state index contributed by atoms with van der Waals surface area (Å²) < 4.78 is 25.5. The van der Waals surface area contributed by atoms with Crippen LogP contribution in [0.25, 0.3) is 0 Å². The molecule has 0 bridgehead atoms. The van der Waals surface area contributed by atoms with Crippen LogP contribution in [0.5, 0.6) is 0 Å². The Labute approximate surface area is 148 Å². The van der Waals surface area contributed by atoms with Crippen LogP contribution in [-0.2, 0) is 42.9 Å². The van der Waals surface area contributed by atoms with Crippen LogP contribution in [-0.4, -0.2) is 59.9 Å². The van der Waals surface area contributed by atoms with E-state index in [-0.39, 0.29) is 0 Å². The second kappa shape index (κ2) is 9.21. The SMILES string of the molecule is CC(=O)OC1O[C@H](OC(C)=O)[C@@H](OC(C)=O)[C@H](OC(C)=O)[C@H]1N=C=S. The van der Waals surface area contributed by atoms with Crippen LogP contribution in [0.15, 0.2) is 4.99 Å². The van der Waals surface area contributed by atoms with E-state index in [1.165, 1.54) is 0 Å². The minimum absolute atomic E-state index is 0.733. The number of hydrogen-bond donors (Lipinski definition) is 0. The van der Waals surface area contributed by atoms with Crippen molar-refractivity contribution in [2.45, 2.75) is 58.5 Å². The number of esters is 4. The monoisotopic (exact) mass is 375 g/mol. The summed E-state index contributed by atoms with van der Waals surface area (Å²) in [4.78, 5) is 49.2. The van der Waals surface area contributed by atoms with Crippen molar-refractivity contribution in [3.05, 3.63) is 0 Å². The Morgan fingerprint density at radius 2 is 1.24 bits per heavy atom. The number of isothiocyanates is 1. The molecule has 0 aromatic heterocycles. The lowest BCUT2D eigenvalue weighted by Crippen LogP contribution is -2.61. The fourth-order valence-corrected chi connectivity index (χ4v) is 2.27. The quantitative estimate of drug-likeness (QED) is 0.283. The third kappa shape index (κ3) is 6.22. The largest absolute Gasteiger partial charge is 0.456 e. The first-order valence-corrected chi connectivity index (χ1v) is 7.47. The highest BCUT2D eigenvalue weighted by Gasteiger charge is 2.53. The maximum atomic E-state index is 11.4. The highest BCUT2D eigenvalue weighted by atomic mass is 32.1. The van der Waals surface area contributed by atoms with E-state index in [1.807, 2.05) is 0 Å². The molecule has 0 spiro atoms. The molecular formula is C14H17NO9S. The Balaban J connectivity index is 3.32. The van der Waals surface area contributed by atoms with Gasteiger partial charge in [-0.3, -0.25) is 23.9 Å². The average molecular weight is 375 g/mol. The maximum Gasteiger partial charge on any atom is 0.305 e. The summed E-state index contributed by atoms with van der Waals surface area (Å²) >= 11 is 4.55. The molecule has 1 unspecified atom stereocenters. The van der Waals surface area contributed by atoms with Crippen molar-refractivity contribution in [1.29, 1.82) is 0 Å². The standard InChI is InChI=1S/C14H17NO9S/c1-6(16)20-11-10(15-5-25)13(22-8(3)18)24-14(23-9(4)19)12(11)21-7(2)17/h10-14H,1-4H3/t10-,11-,12+,13?,14+/m1/s1. The lowest BCUT2D eigenvalue weighted by molar-refractivity contribution is -0.310. The number of carbonyl (C=O) groups excluding carboxylic acids is 4. The van der Waals surface area contributed by atoms with Crippen LogP contribution in [0, 0.1) is 0 Å². The molecule has 10 nitrogen and oxygen atoms in total. The lowest BCUT2D eigenvalue weighted by atomic mass is 10.0. The molecule has 11 heteroatoms. The lowest BCUT2D eigenvalue weighted by Gasteiger charge is -2.41. The Bertz CT molecular complexity index is 601. The third-order valence-corrected chi connectivity index (χ3v) is 2.95. The van der Waals surface area contributed by atoms with Gasteiger partial charge >= 0.3 is 23.9 Å². The van der Waals surface area contributed by atoms with Crippen molar-refractivity contribution in [1.82, 2.24) is 0 Å². The summed E-state index contributed by atoms with van der Waals surface area (Å²) in [5.74, 6) is -2.98. The third-order valence-electron chi connectivity index (χ3n) is 2.85. The molecule has 0 aromatic carbocycles. The molecule has 0 aromatic rings. The Kier molecular flexibility index (Phi) is 7.62. The molecule has 1 aliphatic rings. The van der Waals surface area contributed by atoms with Gasteiger partial charge in [-0.25, -0.2) is 4.99 Å². The van der Waals surface area contributed by atoms with Crippen LogP contribution in [0.3, 0.4) is 0 Å². The molecular weight excluding hydrogens is 358 g/mol. The molecule has 138 valence electrons. The van der Waals surface area contributed by atoms with Crippen LogP contribution in [0.1, 0.15) is 27.7 Å². The number of rotatable bonds is 5. The Hall–Kier alpha value is -2.36. The summed E-state index contributed by atoms with van der Waals surface area (Å²) in [6.45, 7) is 4.42. The Morgan fingerprint density at radius 3 is 1.68 bits per heavy atom. The average Bonchev–Trinajstić information content (AvgIpc) is 2.44. The van der Waals surface area contributed by atoms with Gasteiger partial charge in [0.2, 0.25) is 18.7 Å². The number of thiocarbonyl (C=S) groups is 1. The van der Waals surface area contributed by atoms with Crippen molar-refractivity contribution in [2.24, 2.45) is 4.99 Å². The fraction of sp³-hybridized carbons (Fsp3) is 0.643. The summed E-state index contributed by atoms with van der Waals surface area (Å²) in [6, 6.07) is -1.18. The van der Waals surface area contributed by atoms with E-state index in [0.29, 0.717) is 0 Å². The normalized spacial score (nSPS) is 28.1. The van der Waals surface area contributed by atoms with Crippen molar-refractivity contribution in [3.63, 3.8) is 0 Å². The predicted molar refractivity (Wildman–Crippen MR) is 82.1 cm³/mol. The molecule has 5 atom stereocenters. The molecule has 0 saturated carbocycles. The van der Waals surface area contributed by atoms with E-state index >= 15 is 0 Å². The molecule has 1 saturated heterocycles. The minimum atomic E-state index is -1.49. The fourth-order valence-electron chi connectivity index (χ4n) is 2.15. The highest BCUT2D eigenvalue weighted by molar-refractivity contribution is 7.78. The predicted octanol–water partition coefficient (Wildman–Crippen LogP) is 0.130. The summed E-state index contributed by atoms with van der Waals surface area (Å²) in [7, 11) is 0. The number of carbonyl (C=O) groups is 4. The Morgan fingerprint density at radius 1 is 0.800 bits per heavy atom. The minimum Gasteiger partial charge on any atom is -0.456 e. The molecule has 1 rings (SSSR count). The van der Waals surface area contributed by atoms with Gasteiger partial charge in [0.1, 0.15) is 0 Å². The number of hydrogen-bond acceptors (Lipinski definition) is 11. The zero-order valence-electron chi connectivity index (χ0n) is 13.9. The van der Waals surface area contributed by atoms with Gasteiger partial charge in [-0.1, -0.05) is 0 Å². The van der Waals surface area contributed by atoms with Crippen LogP contribution < -0.4 is 0 Å². The van der Waals surface area contributed by atoms with Gasteiger partial charge in [-0.15, -0.1) is 0 Å². The van der Waals surface area contributed by atoms with Crippen molar-refractivity contribution < 1.29 is 42.9 Å². The summed E-state index contributed by atoms with van der Waals surface area (Å²) in [6.07, 6.45) is -5.55. The van der Waals surface area contributed by atoms with Crippen molar-refractivity contribution >= 4 is 41.3 Å². The van der Waals surface area contributed by atoms with E-state index in [9.17, 15) is 19.2 Å². The van der Waals surface area contributed by atoms with Gasteiger partial charge in [0.05, 0.1) is 5.16 Å². The van der Waals surface area contributed by atoms with Crippen LogP contribution in [0.2, 0.25) is 0 Å². The molecule has 25 heavy (non-hydrogen) atoms.